The van der Waals surface area contributed by atoms with E-state index in [1.165, 1.54) is 30.2 Å². The van der Waals surface area contributed by atoms with Crippen LogP contribution >= 0.6 is 34.7 Å². The molecule has 0 atom stereocenters. The Morgan fingerprint density at radius 2 is 1.89 bits per heavy atom. The number of carbonyl (C=O) groups is 2. The third-order valence-corrected chi connectivity index (χ3v) is 7.85. The van der Waals surface area contributed by atoms with E-state index in [0.29, 0.717) is 38.7 Å². The van der Waals surface area contributed by atoms with E-state index in [2.05, 4.69) is 15.5 Å². The summed E-state index contributed by atoms with van der Waals surface area (Å²) >= 11 is 8.53. The number of amides is 1. The Bertz CT molecular complexity index is 1450. The molecule has 2 aromatic heterocycles. The van der Waals surface area contributed by atoms with Crippen LogP contribution in [0.5, 0.6) is 5.75 Å². The third-order valence-electron chi connectivity index (χ3n) is 5.73. The molecule has 0 unspecified atom stereocenters. The zero-order valence-electron chi connectivity index (χ0n) is 21.4. The number of thioether (sulfide) groups is 1. The zero-order valence-corrected chi connectivity index (χ0v) is 23.8. The first-order valence-electron chi connectivity index (χ1n) is 11.8. The molecule has 4 aromatic rings. The molecule has 0 aliphatic heterocycles. The van der Waals surface area contributed by atoms with Crippen molar-refractivity contribution in [1.29, 1.82) is 0 Å². The van der Waals surface area contributed by atoms with Crippen molar-refractivity contribution in [3.05, 3.63) is 75.4 Å². The van der Waals surface area contributed by atoms with Crippen LogP contribution in [0.15, 0.2) is 53.0 Å². The van der Waals surface area contributed by atoms with Crippen molar-refractivity contribution < 1.29 is 19.1 Å². The predicted molar refractivity (Wildman–Crippen MR) is 151 cm³/mol. The molecule has 2 heterocycles. The lowest BCUT2D eigenvalue weighted by molar-refractivity contribution is -0.113. The van der Waals surface area contributed by atoms with Crippen LogP contribution in [0.1, 0.15) is 34.2 Å². The van der Waals surface area contributed by atoms with E-state index >= 15 is 0 Å². The van der Waals surface area contributed by atoms with Gasteiger partial charge in [0.25, 0.3) is 0 Å². The van der Waals surface area contributed by atoms with Gasteiger partial charge in [-0.2, -0.15) is 0 Å². The molecule has 0 radical (unpaired) electrons. The molecular formula is C27H27ClN4O4S2. The molecule has 198 valence electrons. The standard InChI is InChI=1S/C27H27ClN4O4S2/c1-5-32-22(13-36-21-12-16(2)6-7-17(21)3)30-31-27(32)38-15-23(33)29-25-24(26(34)35-4)20(14-37-25)18-8-10-19(28)11-9-18/h6-12,14H,5,13,15H2,1-4H3,(H,29,33). The number of hydrogen-bond donors (Lipinski definition) is 1. The summed E-state index contributed by atoms with van der Waals surface area (Å²) in [4.78, 5) is 25.4. The van der Waals surface area contributed by atoms with Crippen molar-refractivity contribution in [3.63, 3.8) is 0 Å². The molecule has 0 aliphatic carbocycles. The molecule has 1 amide bonds. The Kier molecular flexibility index (Phi) is 9.09. The number of aromatic nitrogens is 3. The smallest absolute Gasteiger partial charge is 0.341 e. The molecule has 1 N–H and O–H groups in total. The highest BCUT2D eigenvalue weighted by Crippen LogP contribution is 2.36. The SMILES string of the molecule is CCn1c(COc2cc(C)ccc2C)nnc1SCC(=O)Nc1scc(-c2ccc(Cl)cc2)c1C(=O)OC. The summed E-state index contributed by atoms with van der Waals surface area (Å²) in [6.45, 7) is 6.90. The van der Waals surface area contributed by atoms with Gasteiger partial charge >= 0.3 is 5.97 Å². The number of aryl methyl sites for hydroxylation is 2. The Morgan fingerprint density at radius 1 is 1.13 bits per heavy atom. The molecule has 0 saturated heterocycles. The number of carbonyl (C=O) groups excluding carboxylic acids is 2. The minimum absolute atomic E-state index is 0.0881. The normalized spacial score (nSPS) is 10.9. The average Bonchev–Trinajstić information content (AvgIpc) is 3.51. The van der Waals surface area contributed by atoms with Gasteiger partial charge in [0.2, 0.25) is 5.91 Å². The third kappa shape index (κ3) is 6.38. The van der Waals surface area contributed by atoms with Crippen LogP contribution in [0.25, 0.3) is 11.1 Å². The van der Waals surface area contributed by atoms with Gasteiger partial charge in [-0.1, -0.05) is 47.6 Å². The summed E-state index contributed by atoms with van der Waals surface area (Å²) in [5, 5.41) is 14.8. The topological polar surface area (TPSA) is 95.3 Å². The number of methoxy groups -OCH3 is 1. The van der Waals surface area contributed by atoms with Crippen LogP contribution in [-0.2, 0) is 22.7 Å². The van der Waals surface area contributed by atoms with Gasteiger partial charge in [0.05, 0.1) is 12.9 Å². The van der Waals surface area contributed by atoms with E-state index in [-0.39, 0.29) is 18.3 Å². The fourth-order valence-corrected chi connectivity index (χ4v) is 5.67. The van der Waals surface area contributed by atoms with Crippen molar-refractivity contribution in [3.8, 4) is 16.9 Å². The van der Waals surface area contributed by atoms with Crippen LogP contribution in [-0.4, -0.2) is 39.5 Å². The van der Waals surface area contributed by atoms with Gasteiger partial charge in [0, 0.05) is 22.5 Å². The van der Waals surface area contributed by atoms with E-state index in [0.717, 1.165) is 22.4 Å². The van der Waals surface area contributed by atoms with Crippen LogP contribution in [0, 0.1) is 13.8 Å². The van der Waals surface area contributed by atoms with Gasteiger partial charge in [0.1, 0.15) is 22.9 Å². The van der Waals surface area contributed by atoms with Crippen molar-refractivity contribution in [2.45, 2.75) is 39.1 Å². The highest BCUT2D eigenvalue weighted by atomic mass is 35.5. The van der Waals surface area contributed by atoms with E-state index in [4.69, 9.17) is 21.1 Å². The van der Waals surface area contributed by atoms with Crippen molar-refractivity contribution >= 4 is 51.6 Å². The number of ether oxygens (including phenoxy) is 2. The highest BCUT2D eigenvalue weighted by molar-refractivity contribution is 7.99. The number of halogens is 1. The van der Waals surface area contributed by atoms with Gasteiger partial charge < -0.3 is 19.4 Å². The maximum absolute atomic E-state index is 12.8. The lowest BCUT2D eigenvalue weighted by atomic mass is 10.0. The number of nitrogens with one attached hydrogen (secondary N) is 1. The predicted octanol–water partition coefficient (Wildman–Crippen LogP) is 6.39. The van der Waals surface area contributed by atoms with Crippen molar-refractivity contribution in [2.75, 3.05) is 18.2 Å². The van der Waals surface area contributed by atoms with E-state index in [1.807, 2.05) is 61.1 Å². The minimum Gasteiger partial charge on any atom is -0.485 e. The second-order valence-corrected chi connectivity index (χ2v) is 10.6. The summed E-state index contributed by atoms with van der Waals surface area (Å²) in [5.74, 6) is 0.765. The number of nitrogens with zero attached hydrogens (tertiary/aromatic N) is 3. The molecule has 0 fully saturated rings. The van der Waals surface area contributed by atoms with Gasteiger partial charge in [-0.15, -0.1) is 21.5 Å². The first kappa shape index (κ1) is 27.7. The summed E-state index contributed by atoms with van der Waals surface area (Å²) in [6.07, 6.45) is 0. The van der Waals surface area contributed by atoms with Gasteiger partial charge in [-0.3, -0.25) is 4.79 Å². The summed E-state index contributed by atoms with van der Waals surface area (Å²) in [6, 6.07) is 13.2. The molecule has 0 spiro atoms. The fourth-order valence-electron chi connectivity index (χ4n) is 3.74. The maximum atomic E-state index is 12.8. The van der Waals surface area contributed by atoms with Crippen LogP contribution in [0.3, 0.4) is 0 Å². The fraction of sp³-hybridized carbons (Fsp3) is 0.259. The Balaban J connectivity index is 1.43. The number of thiophene rings is 1. The Morgan fingerprint density at radius 3 is 2.61 bits per heavy atom. The number of rotatable bonds is 10. The summed E-state index contributed by atoms with van der Waals surface area (Å²) in [7, 11) is 1.31. The molecule has 11 heteroatoms. The Hall–Kier alpha value is -3.34. The molecular weight excluding hydrogens is 544 g/mol. The van der Waals surface area contributed by atoms with E-state index in [9.17, 15) is 9.59 Å². The molecule has 4 rings (SSSR count). The second kappa shape index (κ2) is 12.5. The summed E-state index contributed by atoms with van der Waals surface area (Å²) < 4.78 is 12.9. The van der Waals surface area contributed by atoms with Gasteiger partial charge in [-0.25, -0.2) is 4.79 Å². The monoisotopic (exact) mass is 570 g/mol. The zero-order chi connectivity index (χ0) is 27.2. The maximum Gasteiger partial charge on any atom is 0.341 e. The van der Waals surface area contributed by atoms with Crippen LogP contribution in [0.4, 0.5) is 5.00 Å². The lowest BCUT2D eigenvalue weighted by Gasteiger charge is -2.11. The quantitative estimate of drug-likeness (QED) is 0.174. The molecule has 0 saturated carbocycles. The van der Waals surface area contributed by atoms with E-state index in [1.54, 1.807) is 12.1 Å². The van der Waals surface area contributed by atoms with Crippen molar-refractivity contribution in [1.82, 2.24) is 14.8 Å². The second-order valence-electron chi connectivity index (χ2n) is 8.39. The average molecular weight is 571 g/mol. The van der Waals surface area contributed by atoms with Crippen molar-refractivity contribution in [2.24, 2.45) is 0 Å². The van der Waals surface area contributed by atoms with Crippen LogP contribution < -0.4 is 10.1 Å². The minimum atomic E-state index is -0.529. The lowest BCUT2D eigenvalue weighted by Crippen LogP contribution is -2.16. The first-order chi connectivity index (χ1) is 18.3. The van der Waals surface area contributed by atoms with Gasteiger partial charge in [0.15, 0.2) is 11.0 Å². The Labute approximate surface area is 234 Å². The molecule has 38 heavy (non-hydrogen) atoms. The molecule has 0 bridgehead atoms. The number of anilines is 1. The highest BCUT2D eigenvalue weighted by Gasteiger charge is 2.23. The largest absolute Gasteiger partial charge is 0.485 e. The van der Waals surface area contributed by atoms with E-state index < -0.39 is 5.97 Å². The van der Waals surface area contributed by atoms with Gasteiger partial charge in [-0.05, 0) is 55.7 Å². The molecule has 8 nitrogen and oxygen atoms in total. The number of benzene rings is 2. The number of hydrogen-bond acceptors (Lipinski definition) is 8. The van der Waals surface area contributed by atoms with Crippen LogP contribution in [0.2, 0.25) is 5.02 Å². The molecule has 0 aliphatic rings. The molecule has 2 aromatic carbocycles. The summed E-state index contributed by atoms with van der Waals surface area (Å²) in [5.41, 5.74) is 3.93. The number of esters is 1. The first-order valence-corrected chi connectivity index (χ1v) is 14.1.